The molecular weight excluding hydrogens is 164 g/mol. The highest BCUT2D eigenvalue weighted by Gasteiger charge is 2.11. The number of nitrogens with two attached hydrogens (primary N) is 2. The number of hydrogen-bond donors (Lipinski definition) is 2. The van der Waals surface area contributed by atoms with Crippen molar-refractivity contribution in [3.63, 3.8) is 0 Å². The summed E-state index contributed by atoms with van der Waals surface area (Å²) in [5.41, 5.74) is 11.7. The van der Waals surface area contributed by atoms with Gasteiger partial charge in [-0.05, 0) is 12.1 Å². The van der Waals surface area contributed by atoms with Crippen LogP contribution in [0.25, 0.3) is 0 Å². The van der Waals surface area contributed by atoms with Crippen molar-refractivity contribution in [2.75, 3.05) is 6.54 Å². The van der Waals surface area contributed by atoms with Crippen LogP contribution in [0.15, 0.2) is 30.3 Å². The van der Waals surface area contributed by atoms with Crippen molar-refractivity contribution in [1.29, 1.82) is 0 Å². The zero-order valence-electron chi connectivity index (χ0n) is 7.44. The van der Waals surface area contributed by atoms with E-state index in [2.05, 4.69) is 0 Å². The third-order valence-electron chi connectivity index (χ3n) is 2.00. The molecule has 0 saturated heterocycles. The second-order valence-corrected chi connectivity index (χ2v) is 3.01. The highest BCUT2D eigenvalue weighted by molar-refractivity contribution is 5.74. The Hall–Kier alpha value is -1.35. The molecule has 1 aromatic carbocycles. The van der Waals surface area contributed by atoms with Gasteiger partial charge in [-0.15, -0.1) is 0 Å². The summed E-state index contributed by atoms with van der Waals surface area (Å²) in [4.78, 5) is 10.7. The first-order valence-electron chi connectivity index (χ1n) is 4.27. The lowest BCUT2D eigenvalue weighted by molar-refractivity contribution is -0.118. The van der Waals surface area contributed by atoms with Crippen molar-refractivity contribution >= 4 is 5.91 Å². The topological polar surface area (TPSA) is 69.1 Å². The summed E-state index contributed by atoms with van der Waals surface area (Å²) in [6, 6.07) is 9.71. The average molecular weight is 178 g/mol. The average Bonchev–Trinajstić information content (AvgIpc) is 2.15. The lowest BCUT2D eigenvalue weighted by atomic mass is 9.96. The molecule has 1 amide bonds. The van der Waals surface area contributed by atoms with Gasteiger partial charge < -0.3 is 11.5 Å². The number of hydrogen-bond acceptors (Lipinski definition) is 2. The van der Waals surface area contributed by atoms with E-state index >= 15 is 0 Å². The molecule has 4 N–H and O–H groups in total. The Kier molecular flexibility index (Phi) is 3.46. The van der Waals surface area contributed by atoms with Gasteiger partial charge in [-0.25, -0.2) is 0 Å². The van der Waals surface area contributed by atoms with E-state index in [4.69, 9.17) is 11.5 Å². The number of carbonyl (C=O) groups excluding carboxylic acids is 1. The molecule has 3 nitrogen and oxygen atoms in total. The summed E-state index contributed by atoms with van der Waals surface area (Å²) < 4.78 is 0. The Morgan fingerprint density at radius 2 is 1.92 bits per heavy atom. The quantitative estimate of drug-likeness (QED) is 0.709. The van der Waals surface area contributed by atoms with Crippen molar-refractivity contribution in [2.45, 2.75) is 12.3 Å². The molecule has 1 aromatic rings. The summed E-state index contributed by atoms with van der Waals surface area (Å²) in [6.45, 7) is 0.451. The van der Waals surface area contributed by atoms with Crippen LogP contribution in [0.2, 0.25) is 0 Å². The van der Waals surface area contributed by atoms with Crippen LogP contribution < -0.4 is 11.5 Å². The molecular formula is C10H14N2O. The van der Waals surface area contributed by atoms with Crippen LogP contribution >= 0.6 is 0 Å². The molecule has 0 aliphatic carbocycles. The predicted molar refractivity (Wildman–Crippen MR) is 52.0 cm³/mol. The smallest absolute Gasteiger partial charge is 0.218 e. The summed E-state index contributed by atoms with van der Waals surface area (Å²) in [5.74, 6) is -0.252. The molecule has 3 heteroatoms. The van der Waals surface area contributed by atoms with Crippen LogP contribution in [0.1, 0.15) is 17.9 Å². The molecule has 0 aliphatic rings. The fourth-order valence-corrected chi connectivity index (χ4v) is 1.31. The fraction of sp³-hybridized carbons (Fsp3) is 0.300. The molecule has 0 spiro atoms. The van der Waals surface area contributed by atoms with Crippen LogP contribution in [0, 0.1) is 0 Å². The minimum absolute atomic E-state index is 0.0544. The van der Waals surface area contributed by atoms with E-state index in [1.54, 1.807) is 0 Å². The first-order chi connectivity index (χ1) is 6.24. The molecule has 0 heterocycles. The van der Waals surface area contributed by atoms with E-state index in [1.165, 1.54) is 0 Å². The molecule has 70 valence electrons. The highest BCUT2D eigenvalue weighted by Crippen LogP contribution is 2.17. The fourth-order valence-electron chi connectivity index (χ4n) is 1.31. The highest BCUT2D eigenvalue weighted by atomic mass is 16.1. The van der Waals surface area contributed by atoms with E-state index in [-0.39, 0.29) is 11.8 Å². The standard InChI is InChI=1S/C10H14N2O/c11-7-9(6-10(12)13)8-4-2-1-3-5-8/h1-5,9H,6-7,11H2,(H2,12,13)/t9-/m0/s1. The Bertz CT molecular complexity index is 272. The zero-order chi connectivity index (χ0) is 9.68. The predicted octanol–water partition coefficient (Wildman–Crippen LogP) is 0.604. The van der Waals surface area contributed by atoms with E-state index in [0.29, 0.717) is 13.0 Å². The van der Waals surface area contributed by atoms with Crippen molar-refractivity contribution < 1.29 is 4.79 Å². The van der Waals surface area contributed by atoms with Gasteiger partial charge in [0.15, 0.2) is 0 Å². The number of primary amides is 1. The van der Waals surface area contributed by atoms with E-state index in [1.807, 2.05) is 30.3 Å². The molecule has 0 saturated carbocycles. The second-order valence-electron chi connectivity index (χ2n) is 3.01. The first kappa shape index (κ1) is 9.74. The Balaban J connectivity index is 2.73. The van der Waals surface area contributed by atoms with Crippen LogP contribution in [-0.4, -0.2) is 12.5 Å². The largest absolute Gasteiger partial charge is 0.370 e. The minimum Gasteiger partial charge on any atom is -0.370 e. The van der Waals surface area contributed by atoms with Gasteiger partial charge in [0, 0.05) is 12.3 Å². The van der Waals surface area contributed by atoms with Gasteiger partial charge in [0.05, 0.1) is 0 Å². The van der Waals surface area contributed by atoms with Crippen molar-refractivity contribution in [3.05, 3.63) is 35.9 Å². The van der Waals surface area contributed by atoms with Gasteiger partial charge >= 0.3 is 0 Å². The summed E-state index contributed by atoms with van der Waals surface area (Å²) in [6.07, 6.45) is 0.320. The maximum atomic E-state index is 10.7. The Morgan fingerprint density at radius 1 is 1.31 bits per heavy atom. The van der Waals surface area contributed by atoms with Crippen molar-refractivity contribution in [2.24, 2.45) is 11.5 Å². The first-order valence-corrected chi connectivity index (χ1v) is 4.27. The van der Waals surface area contributed by atoms with Crippen LogP contribution in [-0.2, 0) is 4.79 Å². The van der Waals surface area contributed by atoms with Crippen LogP contribution in [0.3, 0.4) is 0 Å². The summed E-state index contributed by atoms with van der Waals surface area (Å²) in [7, 11) is 0. The molecule has 1 atom stereocenters. The Morgan fingerprint density at radius 3 is 2.38 bits per heavy atom. The molecule has 0 bridgehead atoms. The Labute approximate surface area is 77.7 Å². The molecule has 13 heavy (non-hydrogen) atoms. The molecule has 0 radical (unpaired) electrons. The third kappa shape index (κ3) is 2.87. The third-order valence-corrected chi connectivity index (χ3v) is 2.00. The molecule has 1 rings (SSSR count). The van der Waals surface area contributed by atoms with E-state index < -0.39 is 0 Å². The van der Waals surface area contributed by atoms with Crippen molar-refractivity contribution in [3.8, 4) is 0 Å². The van der Waals surface area contributed by atoms with E-state index in [0.717, 1.165) is 5.56 Å². The normalized spacial score (nSPS) is 12.4. The lowest BCUT2D eigenvalue weighted by Gasteiger charge is -2.12. The lowest BCUT2D eigenvalue weighted by Crippen LogP contribution is -2.20. The summed E-state index contributed by atoms with van der Waals surface area (Å²) in [5, 5.41) is 0. The second kappa shape index (κ2) is 4.62. The summed E-state index contributed by atoms with van der Waals surface area (Å²) >= 11 is 0. The van der Waals surface area contributed by atoms with E-state index in [9.17, 15) is 4.79 Å². The number of benzene rings is 1. The zero-order valence-corrected chi connectivity index (χ0v) is 7.44. The minimum atomic E-state index is -0.306. The number of amides is 1. The molecule has 0 aliphatic heterocycles. The maximum Gasteiger partial charge on any atom is 0.218 e. The number of rotatable bonds is 4. The maximum absolute atomic E-state index is 10.7. The molecule has 0 unspecified atom stereocenters. The van der Waals surface area contributed by atoms with Gasteiger partial charge in [0.25, 0.3) is 0 Å². The molecule has 0 fully saturated rings. The van der Waals surface area contributed by atoms with Gasteiger partial charge in [0.2, 0.25) is 5.91 Å². The van der Waals surface area contributed by atoms with Gasteiger partial charge in [-0.1, -0.05) is 30.3 Å². The van der Waals surface area contributed by atoms with Crippen LogP contribution in [0.4, 0.5) is 0 Å². The SMILES string of the molecule is NC[C@H](CC(N)=O)c1ccccc1. The van der Waals surface area contributed by atoms with Crippen molar-refractivity contribution in [1.82, 2.24) is 0 Å². The van der Waals surface area contributed by atoms with Gasteiger partial charge in [-0.2, -0.15) is 0 Å². The number of carbonyl (C=O) groups is 1. The molecule has 0 aromatic heterocycles. The van der Waals surface area contributed by atoms with Gasteiger partial charge in [0.1, 0.15) is 0 Å². The van der Waals surface area contributed by atoms with Crippen LogP contribution in [0.5, 0.6) is 0 Å². The monoisotopic (exact) mass is 178 g/mol. The van der Waals surface area contributed by atoms with Gasteiger partial charge in [-0.3, -0.25) is 4.79 Å².